The van der Waals surface area contributed by atoms with Gasteiger partial charge in [0.1, 0.15) is 0 Å². The van der Waals surface area contributed by atoms with Crippen molar-refractivity contribution in [1.29, 1.82) is 0 Å². The van der Waals surface area contributed by atoms with Gasteiger partial charge in [-0.25, -0.2) is 0 Å². The molecule has 3 aliphatic heterocycles. The van der Waals surface area contributed by atoms with Crippen molar-refractivity contribution in [2.24, 2.45) is 0 Å². The van der Waals surface area contributed by atoms with Crippen molar-refractivity contribution in [2.45, 2.75) is 37.6 Å². The second-order valence-electron chi connectivity index (χ2n) is 8.94. The first-order valence-electron chi connectivity index (χ1n) is 11.1. The van der Waals surface area contributed by atoms with Crippen LogP contribution in [0.4, 0.5) is 5.69 Å². The summed E-state index contributed by atoms with van der Waals surface area (Å²) in [5.74, 6) is -1.19. The third-order valence-corrected chi connectivity index (χ3v) is 6.80. The van der Waals surface area contributed by atoms with Crippen LogP contribution in [0.1, 0.15) is 40.7 Å². The van der Waals surface area contributed by atoms with E-state index in [9.17, 15) is 14.7 Å². The summed E-state index contributed by atoms with van der Waals surface area (Å²) in [6, 6.07) is 14.4. The SMILES string of the molecule is Cc1ccc(C(=O)C[C@@]2(O)C(=O)N(CN3CCC4(CC3)OCCO4)c3ccccc32)cc1. The zero-order valence-electron chi connectivity index (χ0n) is 18.3. The lowest BCUT2D eigenvalue weighted by Crippen LogP contribution is -2.51. The summed E-state index contributed by atoms with van der Waals surface area (Å²) in [6.45, 7) is 5.01. The van der Waals surface area contributed by atoms with Gasteiger partial charge in [-0.15, -0.1) is 0 Å². The van der Waals surface area contributed by atoms with Crippen LogP contribution in [0.2, 0.25) is 0 Å². The maximum Gasteiger partial charge on any atom is 0.265 e. The van der Waals surface area contributed by atoms with E-state index in [-0.39, 0.29) is 12.2 Å². The first-order valence-corrected chi connectivity index (χ1v) is 11.1. The molecular formula is C25H28N2O5. The number of aliphatic hydroxyl groups is 1. The standard InChI is InChI=1S/C25H28N2O5/c1-18-6-8-19(9-7-18)22(28)16-25(30)20-4-2-3-5-21(20)27(23(25)29)17-26-12-10-24(11-13-26)31-14-15-32-24/h2-9,30H,10-17H2,1H3/t25-/m0/s1. The fraction of sp³-hybridized carbons (Fsp3) is 0.440. The number of fused-ring (bicyclic) bond motifs is 1. The van der Waals surface area contributed by atoms with E-state index in [4.69, 9.17) is 9.47 Å². The Bertz CT molecular complexity index is 1020. The number of hydrogen-bond donors (Lipinski definition) is 1. The van der Waals surface area contributed by atoms with Crippen molar-refractivity contribution in [3.63, 3.8) is 0 Å². The number of para-hydroxylation sites is 1. The summed E-state index contributed by atoms with van der Waals surface area (Å²) in [4.78, 5) is 30.2. The molecule has 0 bridgehead atoms. The van der Waals surface area contributed by atoms with E-state index in [2.05, 4.69) is 4.90 Å². The molecule has 1 atom stereocenters. The molecule has 1 amide bonds. The lowest BCUT2D eigenvalue weighted by atomic mass is 9.88. The Balaban J connectivity index is 1.35. The molecule has 2 fully saturated rings. The molecule has 3 heterocycles. The number of benzene rings is 2. The van der Waals surface area contributed by atoms with Gasteiger partial charge in [0, 0.05) is 37.1 Å². The van der Waals surface area contributed by atoms with Crippen LogP contribution in [0.3, 0.4) is 0 Å². The van der Waals surface area contributed by atoms with Crippen molar-refractivity contribution >= 4 is 17.4 Å². The van der Waals surface area contributed by atoms with Gasteiger partial charge in [0.15, 0.2) is 17.2 Å². The maximum absolute atomic E-state index is 13.5. The van der Waals surface area contributed by atoms with Gasteiger partial charge in [-0.1, -0.05) is 48.0 Å². The molecule has 0 aliphatic carbocycles. The van der Waals surface area contributed by atoms with E-state index in [1.807, 2.05) is 31.2 Å². The zero-order valence-corrected chi connectivity index (χ0v) is 18.3. The average molecular weight is 437 g/mol. The summed E-state index contributed by atoms with van der Waals surface area (Å²) < 4.78 is 11.6. The molecule has 2 aromatic rings. The van der Waals surface area contributed by atoms with Gasteiger partial charge < -0.3 is 14.6 Å². The van der Waals surface area contributed by atoms with E-state index in [0.29, 0.717) is 36.7 Å². The molecule has 1 spiro atoms. The van der Waals surface area contributed by atoms with Gasteiger partial charge >= 0.3 is 0 Å². The number of Topliss-reactive ketones (excluding diaryl/α,β-unsaturated/α-hetero) is 1. The molecule has 2 saturated heterocycles. The largest absolute Gasteiger partial charge is 0.375 e. The average Bonchev–Trinajstić information content (AvgIpc) is 3.33. The van der Waals surface area contributed by atoms with E-state index >= 15 is 0 Å². The Morgan fingerprint density at radius 3 is 2.38 bits per heavy atom. The molecule has 3 aliphatic rings. The monoisotopic (exact) mass is 436 g/mol. The quantitative estimate of drug-likeness (QED) is 0.726. The van der Waals surface area contributed by atoms with Crippen LogP contribution in [0.25, 0.3) is 0 Å². The van der Waals surface area contributed by atoms with Crippen molar-refractivity contribution in [3.8, 4) is 0 Å². The maximum atomic E-state index is 13.5. The second-order valence-corrected chi connectivity index (χ2v) is 8.94. The van der Waals surface area contributed by atoms with Crippen LogP contribution in [0.15, 0.2) is 48.5 Å². The highest BCUT2D eigenvalue weighted by Crippen LogP contribution is 2.43. The van der Waals surface area contributed by atoms with Crippen LogP contribution in [0.5, 0.6) is 0 Å². The van der Waals surface area contributed by atoms with Crippen molar-refractivity contribution < 1.29 is 24.2 Å². The molecule has 0 unspecified atom stereocenters. The molecule has 2 aromatic carbocycles. The number of rotatable bonds is 5. The van der Waals surface area contributed by atoms with Crippen molar-refractivity contribution in [2.75, 3.05) is 37.9 Å². The number of amides is 1. The third-order valence-electron chi connectivity index (χ3n) is 6.80. The Morgan fingerprint density at radius 1 is 1.03 bits per heavy atom. The summed E-state index contributed by atoms with van der Waals surface area (Å²) >= 11 is 0. The van der Waals surface area contributed by atoms with E-state index in [1.54, 1.807) is 29.2 Å². The molecular weight excluding hydrogens is 408 g/mol. The number of aryl methyl sites for hydroxylation is 1. The van der Waals surface area contributed by atoms with Crippen LogP contribution in [0, 0.1) is 6.92 Å². The number of piperidine rings is 1. The van der Waals surface area contributed by atoms with Gasteiger partial charge in [-0.3, -0.25) is 19.4 Å². The lowest BCUT2D eigenvalue weighted by molar-refractivity contribution is -0.185. The number of hydrogen-bond acceptors (Lipinski definition) is 6. The fourth-order valence-electron chi connectivity index (χ4n) is 4.91. The number of nitrogens with zero attached hydrogens (tertiary/aromatic N) is 2. The number of ketones is 1. The van der Waals surface area contributed by atoms with Gasteiger partial charge in [-0.2, -0.15) is 0 Å². The van der Waals surface area contributed by atoms with Crippen LogP contribution in [-0.4, -0.2) is 60.5 Å². The molecule has 32 heavy (non-hydrogen) atoms. The molecule has 1 N–H and O–H groups in total. The van der Waals surface area contributed by atoms with Crippen LogP contribution in [-0.2, 0) is 19.9 Å². The van der Waals surface area contributed by atoms with E-state index in [0.717, 1.165) is 31.5 Å². The summed E-state index contributed by atoms with van der Waals surface area (Å²) in [6.07, 6.45) is 1.20. The van der Waals surface area contributed by atoms with Gasteiger partial charge in [0.25, 0.3) is 5.91 Å². The molecule has 7 nitrogen and oxygen atoms in total. The Morgan fingerprint density at radius 2 is 1.69 bits per heavy atom. The first kappa shape index (κ1) is 21.3. The Labute approximate surface area is 187 Å². The first-order chi connectivity index (χ1) is 15.4. The van der Waals surface area contributed by atoms with E-state index in [1.165, 1.54) is 0 Å². The second kappa shape index (κ2) is 8.08. The molecule has 168 valence electrons. The summed E-state index contributed by atoms with van der Waals surface area (Å²) in [5, 5.41) is 11.5. The van der Waals surface area contributed by atoms with Crippen molar-refractivity contribution in [1.82, 2.24) is 4.90 Å². The van der Waals surface area contributed by atoms with Gasteiger partial charge in [0.05, 0.1) is 32.0 Å². The van der Waals surface area contributed by atoms with Crippen molar-refractivity contribution in [3.05, 3.63) is 65.2 Å². The minimum Gasteiger partial charge on any atom is -0.375 e. The number of likely N-dealkylation sites (tertiary alicyclic amines) is 1. The predicted octanol–water partition coefficient (Wildman–Crippen LogP) is 2.60. The van der Waals surface area contributed by atoms with Crippen LogP contribution >= 0.6 is 0 Å². The van der Waals surface area contributed by atoms with Gasteiger partial charge in [0.2, 0.25) is 0 Å². The molecule has 7 heteroatoms. The highest BCUT2D eigenvalue weighted by atomic mass is 16.7. The number of ether oxygens (including phenoxy) is 2. The highest BCUT2D eigenvalue weighted by molar-refractivity contribution is 6.10. The highest BCUT2D eigenvalue weighted by Gasteiger charge is 2.51. The topological polar surface area (TPSA) is 79.3 Å². The number of anilines is 1. The summed E-state index contributed by atoms with van der Waals surface area (Å²) in [5.41, 5.74) is 0.815. The smallest absolute Gasteiger partial charge is 0.265 e. The molecule has 5 rings (SSSR count). The molecule has 0 saturated carbocycles. The number of carbonyl (C=O) groups is 2. The zero-order chi connectivity index (χ0) is 22.3. The Kier molecular flexibility index (Phi) is 5.37. The normalized spacial score (nSPS) is 24.8. The third kappa shape index (κ3) is 3.65. The minimum atomic E-state index is -1.87. The molecule has 0 radical (unpaired) electrons. The molecule has 0 aromatic heterocycles. The lowest BCUT2D eigenvalue weighted by Gasteiger charge is -2.39. The number of carbonyl (C=O) groups excluding carboxylic acids is 2. The van der Waals surface area contributed by atoms with Gasteiger partial charge in [-0.05, 0) is 13.0 Å². The minimum absolute atomic E-state index is 0.257. The predicted molar refractivity (Wildman–Crippen MR) is 118 cm³/mol. The Hall–Kier alpha value is -2.58. The summed E-state index contributed by atoms with van der Waals surface area (Å²) in [7, 11) is 0. The van der Waals surface area contributed by atoms with E-state index < -0.39 is 17.3 Å². The van der Waals surface area contributed by atoms with Crippen LogP contribution < -0.4 is 4.90 Å². The fourth-order valence-corrected chi connectivity index (χ4v) is 4.91.